The number of hydrogen-bond acceptors (Lipinski definition) is 6. The Labute approximate surface area is 176 Å². The summed E-state index contributed by atoms with van der Waals surface area (Å²) in [5.74, 6) is 1.09. The van der Waals surface area contributed by atoms with E-state index >= 15 is 0 Å². The molecule has 0 heterocycles. The first-order valence-corrected chi connectivity index (χ1v) is 10.8. The van der Waals surface area contributed by atoms with Crippen molar-refractivity contribution in [2.24, 2.45) is 11.8 Å². The van der Waals surface area contributed by atoms with E-state index < -0.39 is 0 Å². The van der Waals surface area contributed by atoms with Crippen molar-refractivity contribution in [3.05, 3.63) is 0 Å². The lowest BCUT2D eigenvalue weighted by Gasteiger charge is -2.09. The Hall–Kier alpha value is -1.22. The van der Waals surface area contributed by atoms with Gasteiger partial charge in [0, 0.05) is 25.9 Å². The molecular weight excluding hydrogens is 376 g/mol. The first kappa shape index (κ1) is 27.8. The van der Waals surface area contributed by atoms with Gasteiger partial charge in [0.05, 0.1) is 52.9 Å². The van der Waals surface area contributed by atoms with Crippen LogP contribution in [0.1, 0.15) is 47.0 Å². The fraction of sp³-hybridized carbons (Fsp3) is 0.905. The summed E-state index contributed by atoms with van der Waals surface area (Å²) in [6, 6.07) is 0. The number of ether oxygens (including phenoxy) is 4. The molecule has 0 saturated heterocycles. The monoisotopic (exact) mass is 418 g/mol. The zero-order valence-corrected chi connectivity index (χ0v) is 18.8. The Kier molecular flexibility index (Phi) is 19.2. The van der Waals surface area contributed by atoms with Gasteiger partial charge in [-0.25, -0.2) is 0 Å². The minimum Gasteiger partial charge on any atom is -0.379 e. The Morgan fingerprint density at radius 1 is 0.621 bits per heavy atom. The molecule has 0 aromatic heterocycles. The fourth-order valence-electron chi connectivity index (χ4n) is 2.10. The molecule has 0 aromatic rings. The molecule has 0 fully saturated rings. The Balaban J connectivity index is 3.19. The van der Waals surface area contributed by atoms with Gasteiger partial charge >= 0.3 is 0 Å². The first-order chi connectivity index (χ1) is 13.9. The van der Waals surface area contributed by atoms with Crippen LogP contribution in [0.4, 0.5) is 0 Å². The van der Waals surface area contributed by atoms with Crippen LogP contribution in [0, 0.1) is 11.8 Å². The first-order valence-electron chi connectivity index (χ1n) is 10.8. The number of hydrogen-bond donors (Lipinski definition) is 2. The second-order valence-corrected chi connectivity index (χ2v) is 7.68. The molecule has 8 heteroatoms. The van der Waals surface area contributed by atoms with E-state index in [1.807, 2.05) is 0 Å². The molecule has 0 spiro atoms. The largest absolute Gasteiger partial charge is 0.379 e. The Bertz CT molecular complexity index is 369. The average molecular weight is 419 g/mol. The van der Waals surface area contributed by atoms with Gasteiger partial charge in [0.25, 0.3) is 0 Å². The molecule has 0 aliphatic carbocycles. The van der Waals surface area contributed by atoms with Crippen molar-refractivity contribution in [2.75, 3.05) is 65.9 Å². The van der Waals surface area contributed by atoms with E-state index in [4.69, 9.17) is 18.9 Å². The lowest BCUT2D eigenvalue weighted by atomic mass is 10.1. The summed E-state index contributed by atoms with van der Waals surface area (Å²) >= 11 is 0. The van der Waals surface area contributed by atoms with Gasteiger partial charge in [0.15, 0.2) is 0 Å². The lowest BCUT2D eigenvalue weighted by molar-refractivity contribution is -0.122. The summed E-state index contributed by atoms with van der Waals surface area (Å²) in [5.41, 5.74) is 0. The van der Waals surface area contributed by atoms with Gasteiger partial charge < -0.3 is 29.6 Å². The third-order valence-corrected chi connectivity index (χ3v) is 3.81. The van der Waals surface area contributed by atoms with Gasteiger partial charge in [-0.05, 0) is 18.3 Å². The molecule has 0 bridgehead atoms. The van der Waals surface area contributed by atoms with Gasteiger partial charge in [-0.1, -0.05) is 27.7 Å². The fourth-order valence-corrected chi connectivity index (χ4v) is 2.10. The minimum atomic E-state index is 0.0174. The number of carbonyl (C=O) groups excluding carboxylic acids is 2. The summed E-state index contributed by atoms with van der Waals surface area (Å²) in [6.07, 6.45) is 1.85. The van der Waals surface area contributed by atoms with Crippen molar-refractivity contribution < 1.29 is 28.5 Å². The minimum absolute atomic E-state index is 0.0174. The van der Waals surface area contributed by atoms with Crippen molar-refractivity contribution in [3.8, 4) is 0 Å². The SMILES string of the molecule is CC(C)CCC(=O)NCCOCCOCCOCCOCCC(=O)NCC(C)C. The molecule has 0 aliphatic heterocycles. The van der Waals surface area contributed by atoms with Crippen LogP contribution in [0.2, 0.25) is 0 Å². The molecule has 0 rings (SSSR count). The quantitative estimate of drug-likeness (QED) is 0.293. The molecule has 0 saturated carbocycles. The van der Waals surface area contributed by atoms with Crippen LogP contribution in [0.15, 0.2) is 0 Å². The molecule has 0 radical (unpaired) electrons. The summed E-state index contributed by atoms with van der Waals surface area (Å²) in [5, 5.41) is 5.68. The highest BCUT2D eigenvalue weighted by Gasteiger charge is 2.03. The van der Waals surface area contributed by atoms with E-state index in [-0.39, 0.29) is 11.8 Å². The summed E-state index contributed by atoms with van der Waals surface area (Å²) in [7, 11) is 0. The third-order valence-electron chi connectivity index (χ3n) is 3.81. The van der Waals surface area contributed by atoms with Gasteiger partial charge in [0.1, 0.15) is 0 Å². The zero-order valence-electron chi connectivity index (χ0n) is 18.8. The number of nitrogens with one attached hydrogen (secondary N) is 2. The summed E-state index contributed by atoms with van der Waals surface area (Å²) in [4.78, 5) is 23.0. The molecular formula is C21H42N2O6. The molecule has 0 unspecified atom stereocenters. The van der Waals surface area contributed by atoms with Crippen LogP contribution < -0.4 is 10.6 Å². The highest BCUT2D eigenvalue weighted by molar-refractivity contribution is 5.76. The van der Waals surface area contributed by atoms with Crippen LogP contribution in [-0.4, -0.2) is 77.8 Å². The van der Waals surface area contributed by atoms with Crippen LogP contribution in [0.5, 0.6) is 0 Å². The standard InChI is InChI=1S/C21H42N2O6/c1-18(2)5-6-20(24)22-8-10-27-12-14-29-16-15-28-13-11-26-9-7-21(25)23-17-19(3)4/h18-19H,5-17H2,1-4H3,(H,22,24)(H,23,25). The number of rotatable bonds is 20. The van der Waals surface area contributed by atoms with Crippen molar-refractivity contribution in [3.63, 3.8) is 0 Å². The number of amides is 2. The van der Waals surface area contributed by atoms with Crippen LogP contribution in [0.3, 0.4) is 0 Å². The summed E-state index contributed by atoms with van der Waals surface area (Å²) < 4.78 is 21.6. The predicted octanol–water partition coefficient (Wildman–Crippen LogP) is 1.77. The Morgan fingerprint density at radius 3 is 1.62 bits per heavy atom. The van der Waals surface area contributed by atoms with Gasteiger partial charge in [-0.15, -0.1) is 0 Å². The molecule has 2 N–H and O–H groups in total. The van der Waals surface area contributed by atoms with Gasteiger partial charge in [0.2, 0.25) is 11.8 Å². The van der Waals surface area contributed by atoms with Crippen LogP contribution >= 0.6 is 0 Å². The second kappa shape index (κ2) is 20.1. The van der Waals surface area contributed by atoms with E-state index in [0.29, 0.717) is 90.6 Å². The highest BCUT2D eigenvalue weighted by Crippen LogP contribution is 2.02. The zero-order chi connectivity index (χ0) is 21.7. The van der Waals surface area contributed by atoms with Crippen molar-refractivity contribution in [1.82, 2.24) is 10.6 Å². The van der Waals surface area contributed by atoms with E-state index in [1.54, 1.807) is 0 Å². The van der Waals surface area contributed by atoms with Crippen LogP contribution in [0.25, 0.3) is 0 Å². The second-order valence-electron chi connectivity index (χ2n) is 7.68. The maximum Gasteiger partial charge on any atom is 0.222 e. The molecule has 8 nitrogen and oxygen atoms in total. The maximum atomic E-state index is 11.5. The molecule has 0 atom stereocenters. The normalized spacial score (nSPS) is 11.2. The van der Waals surface area contributed by atoms with Gasteiger partial charge in [-0.2, -0.15) is 0 Å². The van der Waals surface area contributed by atoms with E-state index in [0.717, 1.165) is 6.42 Å². The Morgan fingerprint density at radius 2 is 1.10 bits per heavy atom. The predicted molar refractivity (Wildman–Crippen MR) is 113 cm³/mol. The topological polar surface area (TPSA) is 95.1 Å². The lowest BCUT2D eigenvalue weighted by Crippen LogP contribution is -2.28. The highest BCUT2D eigenvalue weighted by atomic mass is 16.6. The third kappa shape index (κ3) is 22.9. The summed E-state index contributed by atoms with van der Waals surface area (Å²) in [6.45, 7) is 13.3. The van der Waals surface area contributed by atoms with Crippen molar-refractivity contribution >= 4 is 11.8 Å². The number of carbonyl (C=O) groups is 2. The molecule has 172 valence electrons. The molecule has 2 amide bonds. The van der Waals surface area contributed by atoms with E-state index in [9.17, 15) is 9.59 Å². The van der Waals surface area contributed by atoms with Crippen molar-refractivity contribution in [2.45, 2.75) is 47.0 Å². The molecule has 0 aliphatic rings. The molecule has 29 heavy (non-hydrogen) atoms. The van der Waals surface area contributed by atoms with E-state index in [2.05, 4.69) is 38.3 Å². The van der Waals surface area contributed by atoms with E-state index in [1.165, 1.54) is 0 Å². The average Bonchev–Trinajstić information content (AvgIpc) is 2.67. The van der Waals surface area contributed by atoms with Gasteiger partial charge in [-0.3, -0.25) is 9.59 Å². The smallest absolute Gasteiger partial charge is 0.222 e. The maximum absolute atomic E-state index is 11.5. The van der Waals surface area contributed by atoms with Crippen molar-refractivity contribution in [1.29, 1.82) is 0 Å². The molecule has 0 aromatic carbocycles. The van der Waals surface area contributed by atoms with Crippen LogP contribution in [-0.2, 0) is 28.5 Å².